The summed E-state index contributed by atoms with van der Waals surface area (Å²) in [6, 6.07) is 8.33. The van der Waals surface area contributed by atoms with Gasteiger partial charge in [0, 0.05) is 12.1 Å². The Labute approximate surface area is 167 Å². The van der Waals surface area contributed by atoms with Crippen LogP contribution in [0.1, 0.15) is 60.3 Å². The molecular weight excluding hydrogens is 350 g/mol. The van der Waals surface area contributed by atoms with Gasteiger partial charge in [-0.1, -0.05) is 29.8 Å². The van der Waals surface area contributed by atoms with Crippen molar-refractivity contribution in [2.45, 2.75) is 66.2 Å². The normalized spacial score (nSPS) is 15.2. The first-order valence-corrected chi connectivity index (χ1v) is 9.93. The predicted octanol–water partition coefficient (Wildman–Crippen LogP) is 4.87. The van der Waals surface area contributed by atoms with Crippen LogP contribution in [0.25, 0.3) is 11.1 Å². The molecule has 0 aromatic heterocycles. The van der Waals surface area contributed by atoms with E-state index in [1.807, 2.05) is 27.7 Å². The number of hydrogen-bond acceptors (Lipinski definition) is 3. The van der Waals surface area contributed by atoms with Gasteiger partial charge in [0.25, 0.3) is 0 Å². The Hall–Kier alpha value is -2.17. The lowest BCUT2D eigenvalue weighted by Gasteiger charge is -2.32. The van der Waals surface area contributed by atoms with Crippen molar-refractivity contribution < 1.29 is 14.6 Å². The quantitative estimate of drug-likeness (QED) is 0.794. The molecular formula is C24H31NO3. The summed E-state index contributed by atoms with van der Waals surface area (Å²) in [6.45, 7) is 13.6. The molecule has 2 aromatic rings. The summed E-state index contributed by atoms with van der Waals surface area (Å²) in [4.78, 5) is 12.3. The largest absolute Gasteiger partial charge is 0.479 e. The van der Waals surface area contributed by atoms with E-state index in [4.69, 9.17) is 4.74 Å². The number of benzene rings is 2. The summed E-state index contributed by atoms with van der Waals surface area (Å²) < 4.78 is 6.08. The van der Waals surface area contributed by atoms with Crippen molar-refractivity contribution >= 4 is 5.97 Å². The average Bonchev–Trinajstić information content (AvgIpc) is 2.63. The molecule has 1 atom stereocenters. The van der Waals surface area contributed by atoms with E-state index in [0.29, 0.717) is 0 Å². The summed E-state index contributed by atoms with van der Waals surface area (Å²) in [7, 11) is 0. The van der Waals surface area contributed by atoms with E-state index in [9.17, 15) is 9.90 Å². The molecule has 1 aliphatic heterocycles. The molecule has 2 aromatic carbocycles. The van der Waals surface area contributed by atoms with Crippen LogP contribution in [0.4, 0.5) is 0 Å². The van der Waals surface area contributed by atoms with Crippen molar-refractivity contribution in [3.63, 3.8) is 0 Å². The van der Waals surface area contributed by atoms with E-state index in [0.717, 1.165) is 41.8 Å². The molecule has 4 heteroatoms. The third kappa shape index (κ3) is 3.98. The maximum atomic E-state index is 12.3. The van der Waals surface area contributed by atoms with Gasteiger partial charge in [-0.25, -0.2) is 4.79 Å². The first-order valence-electron chi connectivity index (χ1n) is 9.93. The van der Waals surface area contributed by atoms with E-state index in [-0.39, 0.29) is 0 Å². The number of aryl methyl sites for hydroxylation is 1. The number of hydrogen-bond donors (Lipinski definition) is 2. The van der Waals surface area contributed by atoms with E-state index in [1.165, 1.54) is 22.3 Å². The van der Waals surface area contributed by atoms with Crippen molar-refractivity contribution in [1.82, 2.24) is 5.32 Å². The topological polar surface area (TPSA) is 58.6 Å². The lowest BCUT2D eigenvalue weighted by atomic mass is 9.80. The molecule has 0 spiro atoms. The van der Waals surface area contributed by atoms with Crippen LogP contribution in [0.5, 0.6) is 0 Å². The number of carboxylic acid groups (broad SMARTS) is 1. The van der Waals surface area contributed by atoms with Gasteiger partial charge >= 0.3 is 5.97 Å². The second-order valence-electron chi connectivity index (χ2n) is 8.74. The number of aliphatic carboxylic acids is 1. The summed E-state index contributed by atoms with van der Waals surface area (Å²) in [5.74, 6) is -0.950. The third-order valence-corrected chi connectivity index (χ3v) is 5.47. The molecule has 0 saturated heterocycles. The van der Waals surface area contributed by atoms with Gasteiger partial charge in [0.1, 0.15) is 0 Å². The standard InChI is InChI=1S/C24H31NO3/c1-14-7-9-17(10-8-14)20-15(2)18-11-12-25-13-19(18)16(3)21(20)22(23(26)27)28-24(4,5)6/h7-10,22,25H,11-13H2,1-6H3,(H,26,27). The highest BCUT2D eigenvalue weighted by Crippen LogP contribution is 2.41. The summed E-state index contributed by atoms with van der Waals surface area (Å²) >= 11 is 0. The number of nitrogens with one attached hydrogen (secondary N) is 1. The van der Waals surface area contributed by atoms with Crippen LogP contribution in [0.2, 0.25) is 0 Å². The Morgan fingerprint density at radius 1 is 1.07 bits per heavy atom. The molecule has 4 nitrogen and oxygen atoms in total. The SMILES string of the molecule is Cc1ccc(-c2c(C)c3c(c(C)c2C(OC(C)(C)C)C(=O)O)CNCC3)cc1. The second-order valence-corrected chi connectivity index (χ2v) is 8.74. The zero-order chi connectivity index (χ0) is 20.6. The fourth-order valence-corrected chi connectivity index (χ4v) is 4.17. The lowest BCUT2D eigenvalue weighted by Crippen LogP contribution is -2.31. The number of rotatable bonds is 4. The van der Waals surface area contributed by atoms with Gasteiger partial charge in [0.05, 0.1) is 5.60 Å². The summed E-state index contributed by atoms with van der Waals surface area (Å²) in [6.07, 6.45) is -0.0545. The second kappa shape index (κ2) is 7.69. The molecule has 0 saturated carbocycles. The van der Waals surface area contributed by atoms with Crippen LogP contribution in [0, 0.1) is 20.8 Å². The van der Waals surface area contributed by atoms with Crippen LogP contribution >= 0.6 is 0 Å². The van der Waals surface area contributed by atoms with Crippen molar-refractivity contribution in [2.75, 3.05) is 6.54 Å². The van der Waals surface area contributed by atoms with Crippen molar-refractivity contribution in [2.24, 2.45) is 0 Å². The Balaban J connectivity index is 2.34. The van der Waals surface area contributed by atoms with Crippen LogP contribution in [0.3, 0.4) is 0 Å². The monoisotopic (exact) mass is 381 g/mol. The molecule has 1 aliphatic rings. The van der Waals surface area contributed by atoms with Gasteiger partial charge in [-0.15, -0.1) is 0 Å². The molecule has 28 heavy (non-hydrogen) atoms. The Kier molecular flexibility index (Phi) is 5.64. The Bertz CT molecular complexity index is 892. The van der Waals surface area contributed by atoms with Crippen LogP contribution in [-0.4, -0.2) is 23.2 Å². The van der Waals surface area contributed by atoms with E-state index in [1.54, 1.807) is 0 Å². The maximum Gasteiger partial charge on any atom is 0.337 e. The molecule has 0 amide bonds. The first-order chi connectivity index (χ1) is 13.1. The maximum absolute atomic E-state index is 12.3. The smallest absolute Gasteiger partial charge is 0.337 e. The molecule has 0 radical (unpaired) electrons. The van der Waals surface area contributed by atoms with E-state index >= 15 is 0 Å². The van der Waals surface area contributed by atoms with Crippen LogP contribution in [0.15, 0.2) is 24.3 Å². The minimum Gasteiger partial charge on any atom is -0.479 e. The molecule has 0 bridgehead atoms. The first kappa shape index (κ1) is 20.6. The highest BCUT2D eigenvalue weighted by molar-refractivity contribution is 5.84. The van der Waals surface area contributed by atoms with Crippen molar-refractivity contribution in [3.05, 3.63) is 57.6 Å². The molecule has 2 N–H and O–H groups in total. The highest BCUT2D eigenvalue weighted by atomic mass is 16.5. The third-order valence-electron chi connectivity index (χ3n) is 5.47. The molecule has 1 heterocycles. The molecule has 3 rings (SSSR count). The van der Waals surface area contributed by atoms with Crippen molar-refractivity contribution in [1.29, 1.82) is 0 Å². The van der Waals surface area contributed by atoms with E-state index in [2.05, 4.69) is 43.4 Å². The van der Waals surface area contributed by atoms with Gasteiger partial charge in [-0.05, 0) is 87.9 Å². The minimum absolute atomic E-state index is 0.567. The molecule has 0 aliphatic carbocycles. The predicted molar refractivity (Wildman–Crippen MR) is 113 cm³/mol. The van der Waals surface area contributed by atoms with Crippen LogP contribution in [-0.2, 0) is 22.5 Å². The molecule has 1 unspecified atom stereocenters. The van der Waals surface area contributed by atoms with Gasteiger partial charge < -0.3 is 15.2 Å². The van der Waals surface area contributed by atoms with Gasteiger partial charge in [0.15, 0.2) is 6.10 Å². The fraction of sp³-hybridized carbons (Fsp3) is 0.458. The minimum atomic E-state index is -1.01. The van der Waals surface area contributed by atoms with E-state index < -0.39 is 17.7 Å². The van der Waals surface area contributed by atoms with Gasteiger partial charge in [0.2, 0.25) is 0 Å². The number of ether oxygens (including phenoxy) is 1. The van der Waals surface area contributed by atoms with Crippen molar-refractivity contribution in [3.8, 4) is 11.1 Å². The van der Waals surface area contributed by atoms with Crippen LogP contribution < -0.4 is 5.32 Å². The Morgan fingerprint density at radius 3 is 2.29 bits per heavy atom. The number of carboxylic acids is 1. The highest BCUT2D eigenvalue weighted by Gasteiger charge is 2.33. The lowest BCUT2D eigenvalue weighted by molar-refractivity contribution is -0.160. The molecule has 0 fully saturated rings. The fourth-order valence-electron chi connectivity index (χ4n) is 4.17. The summed E-state index contributed by atoms with van der Waals surface area (Å²) in [5.41, 5.74) is 8.22. The van der Waals surface area contributed by atoms with Gasteiger partial charge in [-0.3, -0.25) is 0 Å². The number of carbonyl (C=O) groups is 1. The zero-order valence-corrected chi connectivity index (χ0v) is 17.8. The van der Waals surface area contributed by atoms with Gasteiger partial charge in [-0.2, -0.15) is 0 Å². The average molecular weight is 382 g/mol. The zero-order valence-electron chi connectivity index (χ0n) is 17.8. The molecule has 150 valence electrons. The Morgan fingerprint density at radius 2 is 1.71 bits per heavy atom. The summed E-state index contributed by atoms with van der Waals surface area (Å²) in [5, 5.41) is 13.5. The number of fused-ring (bicyclic) bond motifs is 1.